The number of carbonyl (C=O) groups excluding carboxylic acids is 1. The molecule has 0 radical (unpaired) electrons. The van der Waals surface area contributed by atoms with Crippen LogP contribution in [0.15, 0.2) is 29.3 Å². The van der Waals surface area contributed by atoms with Crippen molar-refractivity contribution in [2.45, 2.75) is 31.9 Å². The Bertz CT molecular complexity index is 621. The van der Waals surface area contributed by atoms with Crippen LogP contribution < -0.4 is 10.6 Å². The van der Waals surface area contributed by atoms with Gasteiger partial charge in [0, 0.05) is 40.7 Å². The van der Waals surface area contributed by atoms with E-state index < -0.39 is 11.7 Å². The van der Waals surface area contributed by atoms with Gasteiger partial charge in [-0.2, -0.15) is 13.2 Å². The predicted octanol–water partition coefficient (Wildman–Crippen LogP) is 3.46. The summed E-state index contributed by atoms with van der Waals surface area (Å²) in [5.41, 5.74) is 0.0268. The van der Waals surface area contributed by atoms with Crippen molar-refractivity contribution in [2.75, 3.05) is 34.2 Å². The van der Waals surface area contributed by atoms with Crippen LogP contribution in [0.25, 0.3) is 0 Å². The van der Waals surface area contributed by atoms with Gasteiger partial charge in [-0.25, -0.2) is 0 Å². The molecule has 0 aliphatic heterocycles. The highest BCUT2D eigenvalue weighted by Gasteiger charge is 2.30. The van der Waals surface area contributed by atoms with E-state index in [-0.39, 0.29) is 35.8 Å². The third-order valence-electron chi connectivity index (χ3n) is 4.01. The minimum absolute atomic E-state index is 0. The number of halogens is 4. The van der Waals surface area contributed by atoms with E-state index in [4.69, 9.17) is 0 Å². The minimum Gasteiger partial charge on any atom is -0.356 e. The van der Waals surface area contributed by atoms with E-state index in [0.717, 1.165) is 6.07 Å². The van der Waals surface area contributed by atoms with Gasteiger partial charge in [0.25, 0.3) is 0 Å². The van der Waals surface area contributed by atoms with Crippen molar-refractivity contribution in [3.63, 3.8) is 0 Å². The van der Waals surface area contributed by atoms with Gasteiger partial charge in [-0.05, 0) is 24.0 Å². The number of guanidine groups is 1. The number of hydrogen-bond acceptors (Lipinski definition) is 2. The van der Waals surface area contributed by atoms with Gasteiger partial charge in [0.15, 0.2) is 5.96 Å². The molecular weight excluding hydrogens is 472 g/mol. The van der Waals surface area contributed by atoms with Crippen LogP contribution >= 0.6 is 24.0 Å². The first kappa shape index (κ1) is 25.5. The molecule has 1 aromatic carbocycles. The first-order valence-electron chi connectivity index (χ1n) is 8.47. The smallest absolute Gasteiger partial charge is 0.356 e. The van der Waals surface area contributed by atoms with E-state index in [1.54, 1.807) is 27.2 Å². The monoisotopic (exact) mass is 500 g/mol. The van der Waals surface area contributed by atoms with Crippen molar-refractivity contribution in [3.05, 3.63) is 35.4 Å². The zero-order chi connectivity index (χ0) is 19.7. The lowest BCUT2D eigenvalue weighted by molar-refractivity contribution is -0.137. The fraction of sp³-hybridized carbons (Fsp3) is 0.556. The second-order valence-corrected chi connectivity index (χ2v) is 6.28. The van der Waals surface area contributed by atoms with E-state index in [9.17, 15) is 18.0 Å². The van der Waals surface area contributed by atoms with E-state index in [1.807, 2.05) is 6.92 Å². The van der Waals surface area contributed by atoms with Gasteiger partial charge in [0.2, 0.25) is 5.91 Å². The molecule has 5 nitrogen and oxygen atoms in total. The Morgan fingerprint density at radius 2 is 1.85 bits per heavy atom. The average Bonchev–Trinajstić information content (AvgIpc) is 2.59. The molecule has 27 heavy (non-hydrogen) atoms. The number of hydrogen-bond donors (Lipinski definition) is 2. The molecule has 1 aromatic rings. The first-order valence-corrected chi connectivity index (χ1v) is 8.47. The molecule has 0 spiro atoms. The molecule has 9 heteroatoms. The van der Waals surface area contributed by atoms with Gasteiger partial charge in [0.05, 0.1) is 5.56 Å². The predicted molar refractivity (Wildman–Crippen MR) is 113 cm³/mol. The zero-order valence-corrected chi connectivity index (χ0v) is 18.4. The second-order valence-electron chi connectivity index (χ2n) is 6.28. The maximum absolute atomic E-state index is 12.8. The van der Waals surface area contributed by atoms with Crippen molar-refractivity contribution >= 4 is 35.8 Å². The molecule has 1 unspecified atom stereocenters. The van der Waals surface area contributed by atoms with E-state index in [0.29, 0.717) is 37.5 Å². The summed E-state index contributed by atoms with van der Waals surface area (Å²) in [7, 11) is 5.02. The van der Waals surface area contributed by atoms with Gasteiger partial charge in [-0.15, -0.1) is 24.0 Å². The number of benzene rings is 1. The summed E-state index contributed by atoms with van der Waals surface area (Å²) in [5.74, 6) is 0.553. The van der Waals surface area contributed by atoms with Crippen LogP contribution in [0.5, 0.6) is 0 Å². The Labute approximate surface area is 175 Å². The molecule has 1 rings (SSSR count). The van der Waals surface area contributed by atoms with Crippen molar-refractivity contribution < 1.29 is 18.0 Å². The van der Waals surface area contributed by atoms with Crippen molar-refractivity contribution in [1.29, 1.82) is 0 Å². The van der Waals surface area contributed by atoms with Gasteiger partial charge in [0.1, 0.15) is 0 Å². The van der Waals surface area contributed by atoms with E-state index in [1.165, 1.54) is 17.0 Å². The lowest BCUT2D eigenvalue weighted by atomic mass is 9.96. The molecule has 2 N–H and O–H groups in total. The molecule has 154 valence electrons. The van der Waals surface area contributed by atoms with Gasteiger partial charge in [-0.3, -0.25) is 9.79 Å². The lowest BCUT2D eigenvalue weighted by Crippen LogP contribution is -2.39. The normalized spacial score (nSPS) is 12.8. The highest BCUT2D eigenvalue weighted by molar-refractivity contribution is 14.0. The highest BCUT2D eigenvalue weighted by atomic mass is 127. The van der Waals surface area contributed by atoms with Crippen molar-refractivity contribution in [1.82, 2.24) is 15.5 Å². The van der Waals surface area contributed by atoms with Crippen LogP contribution in [-0.2, 0) is 11.0 Å². The summed E-state index contributed by atoms with van der Waals surface area (Å²) in [6.07, 6.45) is -3.32. The van der Waals surface area contributed by atoms with Gasteiger partial charge < -0.3 is 15.5 Å². The second kappa shape index (κ2) is 12.0. The van der Waals surface area contributed by atoms with Crippen LogP contribution in [0.1, 0.15) is 36.8 Å². The van der Waals surface area contributed by atoms with Crippen molar-refractivity contribution in [3.8, 4) is 0 Å². The fourth-order valence-corrected chi connectivity index (χ4v) is 2.33. The number of aliphatic imine (C=N–C) groups is 1. The molecule has 0 aromatic heterocycles. The summed E-state index contributed by atoms with van der Waals surface area (Å²) in [4.78, 5) is 17.1. The zero-order valence-electron chi connectivity index (χ0n) is 16.1. The largest absolute Gasteiger partial charge is 0.416 e. The minimum atomic E-state index is -4.33. The quantitative estimate of drug-likeness (QED) is 0.343. The van der Waals surface area contributed by atoms with E-state index >= 15 is 0 Å². The Morgan fingerprint density at radius 3 is 2.41 bits per heavy atom. The molecule has 0 heterocycles. The molecule has 0 saturated carbocycles. The standard InChI is InChI=1S/C18H27F3N4O.HI/c1-13(14-6-5-7-15(12-14)18(19,20)21)8-10-23-17(22-2)24-11-9-16(26)25(3)4;/h5-7,12-13H,8-11H2,1-4H3,(H2,22,23,24);1H. The fourth-order valence-electron chi connectivity index (χ4n) is 2.33. The molecule has 0 saturated heterocycles. The van der Waals surface area contributed by atoms with Crippen LogP contribution in [-0.4, -0.2) is 51.0 Å². The summed E-state index contributed by atoms with van der Waals surface area (Å²) in [6.45, 7) is 2.90. The van der Waals surface area contributed by atoms with E-state index in [2.05, 4.69) is 15.6 Å². The summed E-state index contributed by atoms with van der Waals surface area (Å²) < 4.78 is 38.4. The summed E-state index contributed by atoms with van der Waals surface area (Å²) in [6, 6.07) is 5.42. The summed E-state index contributed by atoms with van der Waals surface area (Å²) in [5, 5.41) is 6.15. The number of alkyl halides is 3. The SMILES string of the molecule is CN=C(NCCC(=O)N(C)C)NCCC(C)c1cccc(C(F)(F)F)c1.I. The number of nitrogens with one attached hydrogen (secondary N) is 2. The molecule has 0 aliphatic carbocycles. The third-order valence-corrected chi connectivity index (χ3v) is 4.01. The molecule has 0 fully saturated rings. The lowest BCUT2D eigenvalue weighted by Gasteiger charge is -2.17. The Morgan fingerprint density at radius 1 is 1.22 bits per heavy atom. The highest BCUT2D eigenvalue weighted by Crippen LogP contribution is 2.31. The molecule has 0 bridgehead atoms. The molecular formula is C18H28F3IN4O. The number of nitrogens with zero attached hydrogens (tertiary/aromatic N) is 2. The maximum Gasteiger partial charge on any atom is 0.416 e. The number of amides is 1. The number of carbonyl (C=O) groups is 1. The topological polar surface area (TPSA) is 56.7 Å². The van der Waals surface area contributed by atoms with Crippen LogP contribution in [0, 0.1) is 0 Å². The molecule has 1 amide bonds. The third kappa shape index (κ3) is 9.30. The van der Waals surface area contributed by atoms with Crippen LogP contribution in [0.2, 0.25) is 0 Å². The average molecular weight is 500 g/mol. The molecule has 0 aliphatic rings. The summed E-state index contributed by atoms with van der Waals surface area (Å²) >= 11 is 0. The molecule has 1 atom stereocenters. The van der Waals surface area contributed by atoms with Crippen LogP contribution in [0.3, 0.4) is 0 Å². The van der Waals surface area contributed by atoms with Gasteiger partial charge >= 0.3 is 6.18 Å². The number of rotatable bonds is 7. The Hall–Kier alpha value is -1.52. The van der Waals surface area contributed by atoms with Crippen molar-refractivity contribution in [2.24, 2.45) is 4.99 Å². The first-order chi connectivity index (χ1) is 12.1. The van der Waals surface area contributed by atoms with Crippen LogP contribution in [0.4, 0.5) is 13.2 Å². The van der Waals surface area contributed by atoms with Gasteiger partial charge in [-0.1, -0.05) is 25.1 Å². The Kier molecular flexibility index (Phi) is 11.4. The maximum atomic E-state index is 12.8. The Balaban J connectivity index is 0.00000676.